The van der Waals surface area contributed by atoms with Crippen molar-refractivity contribution in [3.05, 3.63) is 0 Å². The van der Waals surface area contributed by atoms with Crippen molar-refractivity contribution in [2.24, 2.45) is 0 Å². The largest absolute Gasteiger partial charge is 0.378 e. The Hall–Kier alpha value is -1.14. The van der Waals surface area contributed by atoms with Crippen LogP contribution in [0, 0.1) is 0 Å². The van der Waals surface area contributed by atoms with E-state index in [0.717, 1.165) is 19.4 Å². The van der Waals surface area contributed by atoms with E-state index >= 15 is 0 Å². The first-order chi connectivity index (χ1) is 8.68. The Balaban J connectivity index is 1.80. The van der Waals surface area contributed by atoms with Crippen molar-refractivity contribution >= 4 is 11.8 Å². The summed E-state index contributed by atoms with van der Waals surface area (Å²) in [6, 6.07) is -0.595. The molecule has 0 spiro atoms. The first-order valence-corrected chi connectivity index (χ1v) is 6.59. The highest BCUT2D eigenvalue weighted by Gasteiger charge is 2.27. The minimum absolute atomic E-state index is 0.0235. The molecule has 0 radical (unpaired) electrons. The van der Waals surface area contributed by atoms with E-state index in [1.165, 1.54) is 0 Å². The van der Waals surface area contributed by atoms with Crippen molar-refractivity contribution in [1.82, 2.24) is 15.5 Å². The lowest BCUT2D eigenvalue weighted by Gasteiger charge is -2.29. The molecule has 0 aromatic carbocycles. The van der Waals surface area contributed by atoms with Crippen molar-refractivity contribution in [1.29, 1.82) is 0 Å². The molecule has 102 valence electrons. The second-order valence-corrected chi connectivity index (χ2v) is 4.82. The van der Waals surface area contributed by atoms with Gasteiger partial charge in [0.25, 0.3) is 0 Å². The van der Waals surface area contributed by atoms with E-state index in [1.807, 2.05) is 0 Å². The molecular formula is C12H21N3O3. The van der Waals surface area contributed by atoms with E-state index in [-0.39, 0.29) is 17.9 Å². The van der Waals surface area contributed by atoms with Crippen molar-refractivity contribution in [2.45, 2.75) is 31.8 Å². The Kier molecular flexibility index (Phi) is 4.54. The van der Waals surface area contributed by atoms with Crippen LogP contribution in [0.4, 0.5) is 0 Å². The smallest absolute Gasteiger partial charge is 0.245 e. The lowest BCUT2D eigenvalue weighted by Crippen LogP contribution is -2.53. The summed E-state index contributed by atoms with van der Waals surface area (Å²) in [5, 5.41) is 5.91. The standard InChI is InChI=1S/C12H21N3O3/c1-9(12(17)15-5-7-18-8-6-15)14-11(16)10-3-2-4-13-10/h9-10,13H,2-8H2,1H3,(H,14,16). The van der Waals surface area contributed by atoms with Crippen LogP contribution >= 0.6 is 0 Å². The van der Waals surface area contributed by atoms with Gasteiger partial charge in [-0.25, -0.2) is 0 Å². The normalized spacial score (nSPS) is 25.8. The molecule has 2 rings (SSSR count). The molecule has 2 fully saturated rings. The lowest BCUT2D eigenvalue weighted by molar-refractivity contribution is -0.139. The molecule has 2 atom stereocenters. The Labute approximate surface area is 107 Å². The van der Waals surface area contributed by atoms with Crippen molar-refractivity contribution in [2.75, 3.05) is 32.8 Å². The number of ether oxygens (including phenoxy) is 1. The summed E-state index contributed by atoms with van der Waals surface area (Å²) in [5.41, 5.74) is 0. The molecule has 0 bridgehead atoms. The summed E-state index contributed by atoms with van der Waals surface area (Å²) in [6.45, 7) is 5.00. The average molecular weight is 255 g/mol. The summed E-state index contributed by atoms with van der Waals surface area (Å²) in [5.74, 6) is -0.0914. The molecule has 0 aromatic rings. The van der Waals surface area contributed by atoms with Gasteiger partial charge in [0.2, 0.25) is 11.8 Å². The third-order valence-corrected chi connectivity index (χ3v) is 3.43. The van der Waals surface area contributed by atoms with Crippen LogP contribution in [0.15, 0.2) is 0 Å². The molecule has 6 heteroatoms. The van der Waals surface area contributed by atoms with Gasteiger partial charge in [-0.15, -0.1) is 0 Å². The number of morpholine rings is 1. The Morgan fingerprint density at radius 3 is 2.72 bits per heavy atom. The maximum atomic E-state index is 12.1. The van der Waals surface area contributed by atoms with Crippen LogP contribution in [-0.4, -0.2) is 61.6 Å². The highest BCUT2D eigenvalue weighted by atomic mass is 16.5. The minimum atomic E-state index is -0.460. The summed E-state index contributed by atoms with van der Waals surface area (Å²) < 4.78 is 5.20. The van der Waals surface area contributed by atoms with Gasteiger partial charge in [-0.3, -0.25) is 9.59 Å². The van der Waals surface area contributed by atoms with Crippen molar-refractivity contribution < 1.29 is 14.3 Å². The van der Waals surface area contributed by atoms with E-state index in [9.17, 15) is 9.59 Å². The van der Waals surface area contributed by atoms with Gasteiger partial charge < -0.3 is 20.3 Å². The van der Waals surface area contributed by atoms with Crippen molar-refractivity contribution in [3.8, 4) is 0 Å². The van der Waals surface area contributed by atoms with Crippen LogP contribution in [0.1, 0.15) is 19.8 Å². The summed E-state index contributed by atoms with van der Waals surface area (Å²) in [7, 11) is 0. The maximum Gasteiger partial charge on any atom is 0.245 e. The fourth-order valence-corrected chi connectivity index (χ4v) is 2.34. The van der Waals surface area contributed by atoms with Gasteiger partial charge in [-0.2, -0.15) is 0 Å². The third kappa shape index (κ3) is 3.20. The number of amides is 2. The van der Waals surface area contributed by atoms with Gasteiger partial charge in [-0.1, -0.05) is 0 Å². The molecule has 2 unspecified atom stereocenters. The number of hydrogen-bond acceptors (Lipinski definition) is 4. The maximum absolute atomic E-state index is 12.1. The number of rotatable bonds is 3. The van der Waals surface area contributed by atoms with Gasteiger partial charge in [-0.05, 0) is 26.3 Å². The second-order valence-electron chi connectivity index (χ2n) is 4.82. The Bertz CT molecular complexity index is 310. The van der Waals surface area contributed by atoms with Gasteiger partial charge >= 0.3 is 0 Å². The highest BCUT2D eigenvalue weighted by Crippen LogP contribution is 2.06. The number of hydrogen-bond donors (Lipinski definition) is 2. The first kappa shape index (κ1) is 13.3. The fourth-order valence-electron chi connectivity index (χ4n) is 2.34. The zero-order valence-corrected chi connectivity index (χ0v) is 10.8. The molecule has 2 N–H and O–H groups in total. The molecule has 0 aliphatic carbocycles. The number of nitrogens with zero attached hydrogens (tertiary/aromatic N) is 1. The van der Waals surface area contributed by atoms with Crippen LogP contribution < -0.4 is 10.6 Å². The van der Waals surface area contributed by atoms with Crippen molar-refractivity contribution in [3.63, 3.8) is 0 Å². The molecule has 18 heavy (non-hydrogen) atoms. The molecule has 2 saturated heterocycles. The molecule has 2 heterocycles. The van der Waals surface area contributed by atoms with Gasteiger partial charge in [0, 0.05) is 13.1 Å². The summed E-state index contributed by atoms with van der Waals surface area (Å²) >= 11 is 0. The lowest BCUT2D eigenvalue weighted by atomic mass is 10.2. The molecule has 2 aliphatic rings. The molecule has 2 aliphatic heterocycles. The van der Waals surface area contributed by atoms with E-state index in [4.69, 9.17) is 4.74 Å². The van der Waals surface area contributed by atoms with E-state index in [2.05, 4.69) is 10.6 Å². The van der Waals surface area contributed by atoms with Crippen LogP contribution in [0.2, 0.25) is 0 Å². The van der Waals surface area contributed by atoms with Gasteiger partial charge in [0.1, 0.15) is 6.04 Å². The predicted molar refractivity (Wildman–Crippen MR) is 66.0 cm³/mol. The van der Waals surface area contributed by atoms with Crippen LogP contribution in [0.3, 0.4) is 0 Å². The second kappa shape index (κ2) is 6.15. The Morgan fingerprint density at radius 1 is 1.39 bits per heavy atom. The monoisotopic (exact) mass is 255 g/mol. The summed E-state index contributed by atoms with van der Waals surface area (Å²) in [4.78, 5) is 25.7. The quantitative estimate of drug-likeness (QED) is 0.686. The van der Waals surface area contributed by atoms with Crippen LogP contribution in [-0.2, 0) is 14.3 Å². The molecular weight excluding hydrogens is 234 g/mol. The predicted octanol–water partition coefficient (Wildman–Crippen LogP) is -0.898. The van der Waals surface area contributed by atoms with Crippen LogP contribution in [0.5, 0.6) is 0 Å². The molecule has 0 saturated carbocycles. The van der Waals surface area contributed by atoms with E-state index < -0.39 is 6.04 Å². The topological polar surface area (TPSA) is 70.7 Å². The SMILES string of the molecule is CC(NC(=O)C1CCCN1)C(=O)N1CCOCC1. The first-order valence-electron chi connectivity index (χ1n) is 6.59. The minimum Gasteiger partial charge on any atom is -0.378 e. The van der Waals surface area contributed by atoms with E-state index in [0.29, 0.717) is 26.3 Å². The molecule has 0 aromatic heterocycles. The summed E-state index contributed by atoms with van der Waals surface area (Å²) in [6.07, 6.45) is 1.87. The highest BCUT2D eigenvalue weighted by molar-refractivity contribution is 5.89. The van der Waals surface area contributed by atoms with Gasteiger partial charge in [0.15, 0.2) is 0 Å². The number of nitrogens with one attached hydrogen (secondary N) is 2. The molecule has 2 amide bonds. The Morgan fingerprint density at radius 2 is 2.11 bits per heavy atom. The zero-order valence-electron chi connectivity index (χ0n) is 10.8. The molecule has 6 nitrogen and oxygen atoms in total. The third-order valence-electron chi connectivity index (χ3n) is 3.43. The average Bonchev–Trinajstić information content (AvgIpc) is 2.92. The number of carbonyl (C=O) groups is 2. The fraction of sp³-hybridized carbons (Fsp3) is 0.833. The van der Waals surface area contributed by atoms with Gasteiger partial charge in [0.05, 0.1) is 19.3 Å². The number of carbonyl (C=O) groups excluding carboxylic acids is 2. The van der Waals surface area contributed by atoms with Crippen LogP contribution in [0.25, 0.3) is 0 Å². The van der Waals surface area contributed by atoms with E-state index in [1.54, 1.807) is 11.8 Å². The zero-order chi connectivity index (χ0) is 13.0.